The molecule has 0 aromatic carbocycles. The van der Waals surface area contributed by atoms with Crippen LogP contribution >= 0.6 is 0 Å². The zero-order valence-electron chi connectivity index (χ0n) is 15.3. The Balaban J connectivity index is 1.42. The Hall–Kier alpha value is -2.74. The molecule has 0 saturated carbocycles. The monoisotopic (exact) mass is 353 g/mol. The molecule has 0 radical (unpaired) electrons. The summed E-state index contributed by atoms with van der Waals surface area (Å²) in [5.74, 6) is 1.11. The van der Waals surface area contributed by atoms with Crippen molar-refractivity contribution in [3.05, 3.63) is 57.4 Å². The van der Waals surface area contributed by atoms with Crippen LogP contribution in [-0.4, -0.2) is 47.7 Å². The second kappa shape index (κ2) is 6.53. The van der Waals surface area contributed by atoms with Crippen LogP contribution < -0.4 is 5.56 Å². The van der Waals surface area contributed by atoms with E-state index in [9.17, 15) is 4.79 Å². The van der Waals surface area contributed by atoms with Gasteiger partial charge in [0, 0.05) is 43.0 Å². The van der Waals surface area contributed by atoms with Gasteiger partial charge < -0.3 is 0 Å². The number of aromatic amines is 1. The highest BCUT2D eigenvalue weighted by Crippen LogP contribution is 2.19. The van der Waals surface area contributed by atoms with Crippen molar-refractivity contribution in [3.8, 4) is 5.82 Å². The zero-order chi connectivity index (χ0) is 18.3. The van der Waals surface area contributed by atoms with Crippen LogP contribution in [0, 0.1) is 26.7 Å². The average molecular weight is 353 g/mol. The van der Waals surface area contributed by atoms with Crippen LogP contribution in [-0.2, 0) is 13.1 Å². The predicted octanol–water partition coefficient (Wildman–Crippen LogP) is 1.21. The molecule has 0 amide bonds. The Morgan fingerprint density at radius 2 is 1.96 bits per heavy atom. The third-order valence-corrected chi connectivity index (χ3v) is 4.69. The number of H-pyrrole nitrogens is 1. The van der Waals surface area contributed by atoms with Gasteiger partial charge in [0.1, 0.15) is 0 Å². The van der Waals surface area contributed by atoms with Gasteiger partial charge in [-0.2, -0.15) is 10.2 Å². The molecule has 3 aromatic rings. The maximum atomic E-state index is 12.2. The van der Waals surface area contributed by atoms with E-state index in [0.717, 1.165) is 42.4 Å². The molecular weight excluding hydrogens is 330 g/mol. The molecule has 0 bridgehead atoms. The summed E-state index contributed by atoms with van der Waals surface area (Å²) >= 11 is 0. The molecule has 8 heteroatoms. The third-order valence-electron chi connectivity index (χ3n) is 4.69. The van der Waals surface area contributed by atoms with Crippen LogP contribution in [0.5, 0.6) is 0 Å². The molecule has 1 aliphatic rings. The number of nitrogens with zero attached hydrogens (tertiary/aromatic N) is 6. The maximum Gasteiger partial charge on any atom is 0.266 e. The average Bonchev–Trinajstić information content (AvgIpc) is 3.12. The van der Waals surface area contributed by atoms with Gasteiger partial charge in [0.2, 0.25) is 0 Å². The molecule has 4 heterocycles. The summed E-state index contributed by atoms with van der Waals surface area (Å²) in [4.78, 5) is 14.5. The lowest BCUT2D eigenvalue weighted by Crippen LogP contribution is -2.49. The summed E-state index contributed by atoms with van der Waals surface area (Å²) in [6.07, 6.45) is 0. The predicted molar refractivity (Wildman–Crippen MR) is 97.2 cm³/mol. The molecule has 4 rings (SSSR count). The van der Waals surface area contributed by atoms with Gasteiger partial charge in [-0.05, 0) is 39.0 Å². The molecule has 3 aromatic heterocycles. The van der Waals surface area contributed by atoms with E-state index in [4.69, 9.17) is 0 Å². The first-order valence-electron chi connectivity index (χ1n) is 8.83. The van der Waals surface area contributed by atoms with Gasteiger partial charge in [0.15, 0.2) is 5.82 Å². The molecule has 0 aliphatic carbocycles. The van der Waals surface area contributed by atoms with Crippen LogP contribution in [0.2, 0.25) is 0 Å². The number of hydrogen-bond donors (Lipinski definition) is 1. The van der Waals surface area contributed by atoms with Crippen molar-refractivity contribution >= 4 is 0 Å². The number of nitrogens with one attached hydrogen (secondary N) is 1. The second-order valence-corrected chi connectivity index (χ2v) is 7.15. The van der Waals surface area contributed by atoms with Crippen LogP contribution in [0.1, 0.15) is 22.8 Å². The molecule has 1 fully saturated rings. The molecule has 1 N–H and O–H groups in total. The zero-order valence-corrected chi connectivity index (χ0v) is 15.3. The molecule has 0 atom stereocenters. The Bertz CT molecular complexity index is 978. The van der Waals surface area contributed by atoms with Crippen molar-refractivity contribution in [1.82, 2.24) is 34.7 Å². The van der Waals surface area contributed by atoms with E-state index in [-0.39, 0.29) is 5.56 Å². The minimum absolute atomic E-state index is 0.0725. The van der Waals surface area contributed by atoms with Gasteiger partial charge in [-0.15, -0.1) is 5.10 Å². The molecule has 136 valence electrons. The molecular formula is C18H23N7O. The Labute approximate surface area is 151 Å². The fraction of sp³-hybridized carbons (Fsp3) is 0.444. The lowest BCUT2D eigenvalue weighted by atomic mass is 10.00. The molecule has 8 nitrogen and oxygen atoms in total. The van der Waals surface area contributed by atoms with Crippen molar-refractivity contribution in [2.75, 3.05) is 13.1 Å². The summed E-state index contributed by atoms with van der Waals surface area (Å²) in [7, 11) is 0. The summed E-state index contributed by atoms with van der Waals surface area (Å²) < 4.78 is 3.34. The standard InChI is InChI=1S/C18H23N7O/c1-12-7-16(20-19-12)11-23-8-15(9-23)10-24-18(26)5-4-17(22-24)25-14(3)6-13(2)21-25/h4-7,15H,8-11H2,1-3H3,(H,19,20). The lowest BCUT2D eigenvalue weighted by Gasteiger charge is -2.38. The third kappa shape index (κ3) is 3.32. The topological polar surface area (TPSA) is 84.6 Å². The summed E-state index contributed by atoms with van der Waals surface area (Å²) in [6, 6.07) is 7.36. The number of rotatable bonds is 5. The van der Waals surface area contributed by atoms with E-state index in [0.29, 0.717) is 18.3 Å². The molecule has 0 unspecified atom stereocenters. The normalized spacial score (nSPS) is 15.3. The SMILES string of the molecule is Cc1cc(C)n(-c2ccc(=O)n(CC3CN(Cc4cc(C)[nH]n4)C3)n2)n1. The molecule has 1 saturated heterocycles. The van der Waals surface area contributed by atoms with Crippen LogP contribution in [0.15, 0.2) is 29.1 Å². The van der Waals surface area contributed by atoms with Crippen LogP contribution in [0.4, 0.5) is 0 Å². The van der Waals surface area contributed by atoms with E-state index in [1.807, 2.05) is 26.8 Å². The van der Waals surface area contributed by atoms with Crippen molar-refractivity contribution in [3.63, 3.8) is 0 Å². The highest BCUT2D eigenvalue weighted by atomic mass is 16.1. The minimum atomic E-state index is -0.0725. The highest BCUT2D eigenvalue weighted by molar-refractivity contribution is 5.23. The van der Waals surface area contributed by atoms with Gasteiger partial charge in [-0.3, -0.25) is 14.8 Å². The van der Waals surface area contributed by atoms with E-state index < -0.39 is 0 Å². The first-order valence-corrected chi connectivity index (χ1v) is 8.83. The van der Waals surface area contributed by atoms with Gasteiger partial charge >= 0.3 is 0 Å². The lowest BCUT2D eigenvalue weighted by molar-refractivity contribution is 0.0753. The quantitative estimate of drug-likeness (QED) is 0.745. The maximum absolute atomic E-state index is 12.2. The number of aryl methyl sites for hydroxylation is 3. The first-order chi connectivity index (χ1) is 12.5. The number of hydrogen-bond acceptors (Lipinski definition) is 5. The Morgan fingerprint density at radius 3 is 2.62 bits per heavy atom. The number of likely N-dealkylation sites (tertiary alicyclic amines) is 1. The van der Waals surface area contributed by atoms with Crippen molar-refractivity contribution < 1.29 is 0 Å². The Kier molecular flexibility index (Phi) is 4.20. The highest BCUT2D eigenvalue weighted by Gasteiger charge is 2.28. The van der Waals surface area contributed by atoms with Crippen LogP contribution in [0.3, 0.4) is 0 Å². The van der Waals surface area contributed by atoms with Crippen molar-refractivity contribution in [2.45, 2.75) is 33.9 Å². The van der Waals surface area contributed by atoms with Crippen LogP contribution in [0.25, 0.3) is 5.82 Å². The van der Waals surface area contributed by atoms with E-state index in [1.54, 1.807) is 21.5 Å². The van der Waals surface area contributed by atoms with Gasteiger partial charge in [0.05, 0.1) is 17.9 Å². The van der Waals surface area contributed by atoms with E-state index in [1.165, 1.54) is 0 Å². The largest absolute Gasteiger partial charge is 0.297 e. The van der Waals surface area contributed by atoms with E-state index in [2.05, 4.69) is 31.4 Å². The van der Waals surface area contributed by atoms with Gasteiger partial charge in [-0.25, -0.2) is 9.36 Å². The molecule has 26 heavy (non-hydrogen) atoms. The smallest absolute Gasteiger partial charge is 0.266 e. The van der Waals surface area contributed by atoms with Crippen molar-refractivity contribution in [1.29, 1.82) is 0 Å². The fourth-order valence-electron chi connectivity index (χ4n) is 3.49. The second-order valence-electron chi connectivity index (χ2n) is 7.15. The summed E-state index contributed by atoms with van der Waals surface area (Å²) in [5, 5.41) is 16.2. The first kappa shape index (κ1) is 16.7. The summed E-state index contributed by atoms with van der Waals surface area (Å²) in [6.45, 7) is 9.30. The van der Waals surface area contributed by atoms with Gasteiger partial charge in [0.25, 0.3) is 5.56 Å². The van der Waals surface area contributed by atoms with E-state index >= 15 is 0 Å². The number of aromatic nitrogens is 6. The molecule has 1 aliphatic heterocycles. The fourth-order valence-corrected chi connectivity index (χ4v) is 3.49. The van der Waals surface area contributed by atoms with Crippen molar-refractivity contribution in [2.24, 2.45) is 5.92 Å². The minimum Gasteiger partial charge on any atom is -0.297 e. The Morgan fingerprint density at radius 1 is 1.15 bits per heavy atom. The molecule has 0 spiro atoms. The summed E-state index contributed by atoms with van der Waals surface area (Å²) in [5.41, 5.74) is 4.00. The van der Waals surface area contributed by atoms with Gasteiger partial charge in [-0.1, -0.05) is 0 Å².